The maximum Gasteiger partial charge on any atom is 0.263 e. The monoisotopic (exact) mass is 367 g/mol. The number of likely N-dealkylation sites (N-methyl/N-ethyl adjacent to an activating group) is 1. The number of rotatable bonds is 2. The van der Waals surface area contributed by atoms with Crippen LogP contribution >= 0.6 is 27.3 Å². The second kappa shape index (κ2) is 5.94. The molecule has 0 aliphatic carbocycles. The minimum atomic E-state index is -0.0547. The SMILES string of the molecule is CN1CCCC(NC(=O)c2sc3cccc(Br)c3c2N)C1. The van der Waals surface area contributed by atoms with Gasteiger partial charge in [-0.3, -0.25) is 4.79 Å². The predicted molar refractivity (Wildman–Crippen MR) is 91.9 cm³/mol. The number of halogens is 1. The minimum absolute atomic E-state index is 0.0547. The van der Waals surface area contributed by atoms with Crippen LogP contribution in [0.2, 0.25) is 0 Å². The van der Waals surface area contributed by atoms with E-state index in [9.17, 15) is 4.79 Å². The maximum atomic E-state index is 12.5. The van der Waals surface area contributed by atoms with E-state index >= 15 is 0 Å². The molecule has 1 aromatic heterocycles. The van der Waals surface area contributed by atoms with Crippen LogP contribution in [0, 0.1) is 0 Å². The van der Waals surface area contributed by atoms with Gasteiger partial charge in [0.2, 0.25) is 0 Å². The number of hydrogen-bond acceptors (Lipinski definition) is 4. The number of amides is 1. The van der Waals surface area contributed by atoms with Crippen molar-refractivity contribution in [3.8, 4) is 0 Å². The molecule has 3 N–H and O–H groups in total. The van der Waals surface area contributed by atoms with Gasteiger partial charge in [0.25, 0.3) is 5.91 Å². The molecule has 1 unspecified atom stereocenters. The van der Waals surface area contributed by atoms with E-state index in [0.717, 1.165) is 40.5 Å². The van der Waals surface area contributed by atoms with Crippen LogP contribution in [0.15, 0.2) is 22.7 Å². The molecule has 0 radical (unpaired) electrons. The Morgan fingerprint density at radius 3 is 3.05 bits per heavy atom. The molecule has 2 aromatic rings. The molecule has 112 valence electrons. The zero-order chi connectivity index (χ0) is 15.0. The normalized spacial score (nSPS) is 19.8. The number of fused-ring (bicyclic) bond motifs is 1. The second-order valence-corrected chi connectivity index (χ2v) is 7.44. The zero-order valence-electron chi connectivity index (χ0n) is 11.9. The molecule has 1 saturated heterocycles. The van der Waals surface area contributed by atoms with Crippen molar-refractivity contribution >= 4 is 48.9 Å². The van der Waals surface area contributed by atoms with Crippen molar-refractivity contribution in [3.05, 3.63) is 27.5 Å². The molecule has 1 aromatic carbocycles. The fraction of sp³-hybridized carbons (Fsp3) is 0.400. The predicted octanol–water partition coefficient (Wildman–Crippen LogP) is 3.07. The maximum absolute atomic E-state index is 12.5. The van der Waals surface area contributed by atoms with Crippen molar-refractivity contribution < 1.29 is 4.79 Å². The first-order valence-corrected chi connectivity index (χ1v) is 8.63. The topological polar surface area (TPSA) is 58.4 Å². The summed E-state index contributed by atoms with van der Waals surface area (Å²) in [6, 6.07) is 6.11. The molecule has 4 nitrogen and oxygen atoms in total. The highest BCUT2D eigenvalue weighted by Crippen LogP contribution is 2.38. The van der Waals surface area contributed by atoms with E-state index < -0.39 is 0 Å². The van der Waals surface area contributed by atoms with Crippen molar-refractivity contribution in [2.45, 2.75) is 18.9 Å². The van der Waals surface area contributed by atoms with Gasteiger partial charge in [0, 0.05) is 27.1 Å². The Labute approximate surface area is 136 Å². The van der Waals surface area contributed by atoms with Crippen LogP contribution in [0.3, 0.4) is 0 Å². The summed E-state index contributed by atoms with van der Waals surface area (Å²) in [5, 5.41) is 4.06. The smallest absolute Gasteiger partial charge is 0.263 e. The molecule has 21 heavy (non-hydrogen) atoms. The lowest BCUT2D eigenvalue weighted by atomic mass is 10.1. The lowest BCUT2D eigenvalue weighted by molar-refractivity contribution is 0.0917. The number of hydrogen-bond donors (Lipinski definition) is 2. The summed E-state index contributed by atoms with van der Waals surface area (Å²) in [5.74, 6) is -0.0547. The fourth-order valence-electron chi connectivity index (χ4n) is 2.83. The van der Waals surface area contributed by atoms with E-state index in [0.29, 0.717) is 10.6 Å². The summed E-state index contributed by atoms with van der Waals surface area (Å²) in [5.41, 5.74) is 6.76. The Bertz CT molecular complexity index is 685. The highest BCUT2D eigenvalue weighted by atomic mass is 79.9. The van der Waals surface area contributed by atoms with Gasteiger partial charge in [0.1, 0.15) is 4.88 Å². The van der Waals surface area contributed by atoms with Crippen LogP contribution in [0.1, 0.15) is 22.5 Å². The zero-order valence-corrected chi connectivity index (χ0v) is 14.3. The highest BCUT2D eigenvalue weighted by Gasteiger charge is 2.23. The van der Waals surface area contributed by atoms with E-state index in [1.807, 2.05) is 18.2 Å². The molecule has 2 heterocycles. The summed E-state index contributed by atoms with van der Waals surface area (Å²) < 4.78 is 1.97. The molecule has 0 bridgehead atoms. The molecule has 0 spiro atoms. The van der Waals surface area contributed by atoms with Gasteiger partial charge in [-0.15, -0.1) is 11.3 Å². The van der Waals surface area contributed by atoms with Gasteiger partial charge in [0.15, 0.2) is 0 Å². The lowest BCUT2D eigenvalue weighted by Crippen LogP contribution is -2.46. The van der Waals surface area contributed by atoms with Gasteiger partial charge in [-0.1, -0.05) is 22.0 Å². The number of thiophene rings is 1. The number of carbonyl (C=O) groups is 1. The number of likely N-dealkylation sites (tertiary alicyclic amines) is 1. The Balaban J connectivity index is 1.85. The number of nitrogens with two attached hydrogens (primary N) is 1. The summed E-state index contributed by atoms with van der Waals surface area (Å²) in [7, 11) is 2.09. The van der Waals surface area contributed by atoms with Crippen LogP contribution in [0.4, 0.5) is 5.69 Å². The van der Waals surface area contributed by atoms with Gasteiger partial charge in [-0.25, -0.2) is 0 Å². The van der Waals surface area contributed by atoms with Gasteiger partial charge in [-0.05, 0) is 38.6 Å². The molecule has 0 saturated carbocycles. The van der Waals surface area contributed by atoms with E-state index in [-0.39, 0.29) is 11.9 Å². The van der Waals surface area contributed by atoms with Gasteiger partial charge in [0.05, 0.1) is 5.69 Å². The van der Waals surface area contributed by atoms with Gasteiger partial charge >= 0.3 is 0 Å². The number of benzene rings is 1. The van der Waals surface area contributed by atoms with E-state index in [1.165, 1.54) is 11.3 Å². The number of nitrogen functional groups attached to an aromatic ring is 1. The average molecular weight is 368 g/mol. The second-order valence-electron chi connectivity index (χ2n) is 5.53. The Morgan fingerprint density at radius 2 is 2.33 bits per heavy atom. The van der Waals surface area contributed by atoms with Crippen molar-refractivity contribution in [2.24, 2.45) is 0 Å². The van der Waals surface area contributed by atoms with Crippen LogP contribution in [0.25, 0.3) is 10.1 Å². The quantitative estimate of drug-likeness (QED) is 0.857. The number of nitrogens with one attached hydrogen (secondary N) is 1. The number of anilines is 1. The largest absolute Gasteiger partial charge is 0.397 e. The molecular formula is C15H18BrN3OS. The summed E-state index contributed by atoms with van der Waals surface area (Å²) in [6.45, 7) is 2.00. The van der Waals surface area contributed by atoms with Gasteiger partial charge < -0.3 is 16.0 Å². The standard InChI is InChI=1S/C15H18BrN3OS/c1-19-7-3-4-9(8-19)18-15(20)14-13(17)12-10(16)5-2-6-11(12)21-14/h2,5-6,9H,3-4,7-8,17H2,1H3,(H,18,20). The first kappa shape index (κ1) is 14.8. The third-order valence-corrected chi connectivity index (χ3v) is 5.70. The Hall–Kier alpha value is -1.11. The summed E-state index contributed by atoms with van der Waals surface area (Å²) >= 11 is 4.96. The molecule has 6 heteroatoms. The molecule has 1 atom stereocenters. The molecule has 1 fully saturated rings. The average Bonchev–Trinajstić information content (AvgIpc) is 2.77. The molecule has 3 rings (SSSR count). The lowest BCUT2D eigenvalue weighted by Gasteiger charge is -2.30. The minimum Gasteiger partial charge on any atom is -0.397 e. The fourth-order valence-corrected chi connectivity index (χ4v) is 4.60. The highest BCUT2D eigenvalue weighted by molar-refractivity contribution is 9.10. The molecule has 1 aliphatic rings. The van der Waals surface area contributed by atoms with Crippen LogP contribution in [-0.2, 0) is 0 Å². The van der Waals surface area contributed by atoms with Crippen molar-refractivity contribution in [2.75, 3.05) is 25.9 Å². The first-order valence-electron chi connectivity index (χ1n) is 7.02. The number of carbonyl (C=O) groups excluding carboxylic acids is 1. The molecule has 1 aliphatic heterocycles. The Kier molecular flexibility index (Phi) is 4.19. The number of piperidine rings is 1. The summed E-state index contributed by atoms with van der Waals surface area (Å²) in [4.78, 5) is 15.4. The third-order valence-electron chi connectivity index (χ3n) is 3.87. The van der Waals surface area contributed by atoms with Crippen LogP contribution < -0.4 is 11.1 Å². The van der Waals surface area contributed by atoms with Crippen LogP contribution in [-0.4, -0.2) is 37.0 Å². The number of nitrogens with zero attached hydrogens (tertiary/aromatic N) is 1. The van der Waals surface area contributed by atoms with Crippen molar-refractivity contribution in [3.63, 3.8) is 0 Å². The Morgan fingerprint density at radius 1 is 1.52 bits per heavy atom. The van der Waals surface area contributed by atoms with Crippen LogP contribution in [0.5, 0.6) is 0 Å². The summed E-state index contributed by atoms with van der Waals surface area (Å²) in [6.07, 6.45) is 2.15. The van der Waals surface area contributed by atoms with E-state index in [1.54, 1.807) is 0 Å². The molecular weight excluding hydrogens is 350 g/mol. The van der Waals surface area contributed by atoms with Gasteiger partial charge in [-0.2, -0.15) is 0 Å². The van der Waals surface area contributed by atoms with E-state index in [4.69, 9.17) is 5.73 Å². The third kappa shape index (κ3) is 2.93. The molecule has 1 amide bonds. The van der Waals surface area contributed by atoms with Crippen molar-refractivity contribution in [1.29, 1.82) is 0 Å². The van der Waals surface area contributed by atoms with E-state index in [2.05, 4.69) is 33.2 Å². The van der Waals surface area contributed by atoms with Crippen molar-refractivity contribution in [1.82, 2.24) is 10.2 Å². The first-order chi connectivity index (χ1) is 10.1.